The van der Waals surface area contributed by atoms with Crippen LogP contribution in [0.1, 0.15) is 26.2 Å². The van der Waals surface area contributed by atoms with Gasteiger partial charge in [0.15, 0.2) is 0 Å². The molecule has 1 heterocycles. The van der Waals surface area contributed by atoms with Gasteiger partial charge in [0, 0.05) is 11.3 Å². The number of aromatic nitrogens is 1. The molecule has 1 aliphatic rings. The van der Waals surface area contributed by atoms with Crippen molar-refractivity contribution in [2.75, 3.05) is 16.8 Å². The van der Waals surface area contributed by atoms with Gasteiger partial charge >= 0.3 is 0 Å². The van der Waals surface area contributed by atoms with Crippen molar-refractivity contribution in [3.63, 3.8) is 0 Å². The van der Waals surface area contributed by atoms with Gasteiger partial charge in [0.1, 0.15) is 5.82 Å². The number of pyridine rings is 1. The van der Waals surface area contributed by atoms with E-state index in [2.05, 4.69) is 29.0 Å². The Morgan fingerprint density at radius 3 is 3.06 bits per heavy atom. The summed E-state index contributed by atoms with van der Waals surface area (Å²) in [4.78, 5) is 4.10. The highest BCUT2D eigenvalue weighted by Gasteiger charge is 2.26. The lowest BCUT2D eigenvalue weighted by atomic mass is 10.2. The minimum Gasteiger partial charge on any atom is -0.384 e. The molecule has 16 heavy (non-hydrogen) atoms. The number of nitrogens with zero attached hydrogens (tertiary/aromatic N) is 1. The third kappa shape index (κ3) is 2.82. The number of hydrogen-bond donors (Lipinski definition) is 2. The molecule has 1 fully saturated rings. The third-order valence-corrected chi connectivity index (χ3v) is 4.30. The van der Waals surface area contributed by atoms with Crippen molar-refractivity contribution < 1.29 is 0 Å². The molecule has 0 saturated heterocycles. The van der Waals surface area contributed by atoms with Crippen LogP contribution in [0.5, 0.6) is 0 Å². The highest BCUT2D eigenvalue weighted by molar-refractivity contribution is 7.99. The quantitative estimate of drug-likeness (QED) is 0.845. The molecule has 1 aromatic rings. The van der Waals surface area contributed by atoms with Crippen LogP contribution in [0.3, 0.4) is 0 Å². The maximum Gasteiger partial charge on any atom is 0.123 e. The minimum atomic E-state index is 0.580. The number of nitrogens with one attached hydrogen (secondary N) is 1. The maximum atomic E-state index is 5.57. The molecule has 0 aromatic carbocycles. The zero-order valence-corrected chi connectivity index (χ0v) is 10.5. The van der Waals surface area contributed by atoms with E-state index in [-0.39, 0.29) is 0 Å². The summed E-state index contributed by atoms with van der Waals surface area (Å²) in [5.74, 6) is 1.78. The van der Waals surface area contributed by atoms with Gasteiger partial charge in [-0.15, -0.1) is 0 Å². The van der Waals surface area contributed by atoms with Crippen molar-refractivity contribution in [2.24, 2.45) is 0 Å². The third-order valence-electron chi connectivity index (χ3n) is 2.97. The number of hydrogen-bond acceptors (Lipinski definition) is 4. The Morgan fingerprint density at radius 2 is 2.38 bits per heavy atom. The minimum absolute atomic E-state index is 0.580. The van der Waals surface area contributed by atoms with Crippen molar-refractivity contribution in [1.29, 1.82) is 0 Å². The average molecular weight is 237 g/mol. The van der Waals surface area contributed by atoms with Crippen molar-refractivity contribution in [3.8, 4) is 0 Å². The topological polar surface area (TPSA) is 50.9 Å². The first kappa shape index (κ1) is 11.6. The number of anilines is 2. The largest absolute Gasteiger partial charge is 0.384 e. The van der Waals surface area contributed by atoms with Gasteiger partial charge in [-0.25, -0.2) is 4.98 Å². The Balaban J connectivity index is 1.95. The van der Waals surface area contributed by atoms with Crippen LogP contribution < -0.4 is 11.1 Å². The maximum absolute atomic E-state index is 5.57. The molecule has 1 saturated carbocycles. The predicted molar refractivity (Wildman–Crippen MR) is 71.8 cm³/mol. The van der Waals surface area contributed by atoms with Gasteiger partial charge in [0.25, 0.3) is 0 Å². The summed E-state index contributed by atoms with van der Waals surface area (Å²) >= 11 is 2.06. The monoisotopic (exact) mass is 237 g/mol. The molecule has 4 heteroatoms. The molecule has 0 amide bonds. The van der Waals surface area contributed by atoms with Gasteiger partial charge in [0.05, 0.1) is 11.9 Å². The van der Waals surface area contributed by atoms with E-state index in [4.69, 9.17) is 5.73 Å². The zero-order valence-electron chi connectivity index (χ0n) is 9.65. The number of thioether (sulfide) groups is 1. The van der Waals surface area contributed by atoms with Crippen LogP contribution in [0, 0.1) is 0 Å². The van der Waals surface area contributed by atoms with E-state index in [1.165, 1.54) is 25.0 Å². The van der Waals surface area contributed by atoms with Crippen LogP contribution in [0.15, 0.2) is 18.3 Å². The molecule has 2 atom stereocenters. The Bertz CT molecular complexity index is 326. The summed E-state index contributed by atoms with van der Waals surface area (Å²) in [7, 11) is 0. The summed E-state index contributed by atoms with van der Waals surface area (Å²) in [6.45, 7) is 2.23. The van der Waals surface area contributed by atoms with Crippen LogP contribution >= 0.6 is 11.8 Å². The molecule has 2 rings (SSSR count). The van der Waals surface area contributed by atoms with Gasteiger partial charge in [0.2, 0.25) is 0 Å². The Hall–Kier alpha value is -0.900. The van der Waals surface area contributed by atoms with E-state index < -0.39 is 0 Å². The first-order valence-corrected chi connectivity index (χ1v) is 6.94. The SMILES string of the molecule is CCSC1CCCC1Nc1ccc(N)nc1. The molecule has 0 aliphatic heterocycles. The fourth-order valence-electron chi connectivity index (χ4n) is 2.21. The molecule has 3 nitrogen and oxygen atoms in total. The Labute approximate surface area is 101 Å². The molecule has 0 bridgehead atoms. The smallest absolute Gasteiger partial charge is 0.123 e. The van der Waals surface area contributed by atoms with Gasteiger partial charge < -0.3 is 11.1 Å². The molecule has 1 aliphatic carbocycles. The van der Waals surface area contributed by atoms with E-state index in [1.54, 1.807) is 0 Å². The fraction of sp³-hybridized carbons (Fsp3) is 0.583. The van der Waals surface area contributed by atoms with Crippen molar-refractivity contribution in [3.05, 3.63) is 18.3 Å². The van der Waals surface area contributed by atoms with Crippen molar-refractivity contribution in [1.82, 2.24) is 4.98 Å². The van der Waals surface area contributed by atoms with Crippen molar-refractivity contribution >= 4 is 23.3 Å². The molecular weight excluding hydrogens is 218 g/mol. The van der Waals surface area contributed by atoms with Gasteiger partial charge in [-0.1, -0.05) is 13.3 Å². The molecule has 3 N–H and O–H groups in total. The molecule has 0 spiro atoms. The number of nitrogen functional groups attached to an aromatic ring is 1. The first-order chi connectivity index (χ1) is 7.79. The van der Waals surface area contributed by atoms with Gasteiger partial charge in [-0.2, -0.15) is 11.8 Å². The molecular formula is C12H19N3S. The van der Waals surface area contributed by atoms with E-state index in [1.807, 2.05) is 18.3 Å². The first-order valence-electron chi connectivity index (χ1n) is 5.89. The Morgan fingerprint density at radius 1 is 1.50 bits per heavy atom. The highest BCUT2D eigenvalue weighted by atomic mass is 32.2. The molecule has 1 aromatic heterocycles. The molecule has 2 unspecified atom stereocenters. The number of nitrogens with two attached hydrogens (primary N) is 1. The lowest BCUT2D eigenvalue weighted by molar-refractivity contribution is 0.767. The van der Waals surface area contributed by atoms with Gasteiger partial charge in [-0.05, 0) is 30.7 Å². The van der Waals surface area contributed by atoms with Crippen molar-refractivity contribution in [2.45, 2.75) is 37.5 Å². The van der Waals surface area contributed by atoms with Crippen LogP contribution in [0.4, 0.5) is 11.5 Å². The average Bonchev–Trinajstić information content (AvgIpc) is 2.70. The van der Waals surface area contributed by atoms with Crippen LogP contribution in [0.2, 0.25) is 0 Å². The number of rotatable bonds is 4. The highest BCUT2D eigenvalue weighted by Crippen LogP contribution is 2.31. The normalized spacial score (nSPS) is 24.6. The summed E-state index contributed by atoms with van der Waals surface area (Å²) < 4.78 is 0. The zero-order chi connectivity index (χ0) is 11.4. The van der Waals surface area contributed by atoms with Gasteiger partial charge in [-0.3, -0.25) is 0 Å². The fourth-order valence-corrected chi connectivity index (χ4v) is 3.41. The summed E-state index contributed by atoms with van der Waals surface area (Å²) in [5.41, 5.74) is 6.65. The Kier molecular flexibility index (Phi) is 3.93. The van der Waals surface area contributed by atoms with E-state index in [0.29, 0.717) is 11.9 Å². The van der Waals surface area contributed by atoms with Crippen LogP contribution in [-0.2, 0) is 0 Å². The summed E-state index contributed by atoms with van der Waals surface area (Å²) in [5, 5.41) is 4.32. The second-order valence-electron chi connectivity index (χ2n) is 4.15. The summed E-state index contributed by atoms with van der Waals surface area (Å²) in [6, 6.07) is 4.45. The lowest BCUT2D eigenvalue weighted by Crippen LogP contribution is -2.26. The second-order valence-corrected chi connectivity index (χ2v) is 5.66. The standard InChI is InChI=1S/C12H19N3S/c1-2-16-11-5-3-4-10(11)15-9-6-7-12(13)14-8-9/h6-8,10-11,15H,2-5H2,1H3,(H2,13,14). The second kappa shape index (κ2) is 5.43. The predicted octanol–water partition coefficient (Wildman–Crippen LogP) is 2.75. The van der Waals surface area contributed by atoms with Crippen LogP contribution in [-0.4, -0.2) is 22.0 Å². The molecule has 0 radical (unpaired) electrons. The van der Waals surface area contributed by atoms with E-state index in [0.717, 1.165) is 10.9 Å². The lowest BCUT2D eigenvalue weighted by Gasteiger charge is -2.21. The van der Waals surface area contributed by atoms with E-state index in [9.17, 15) is 0 Å². The van der Waals surface area contributed by atoms with Crippen LogP contribution in [0.25, 0.3) is 0 Å². The summed E-state index contributed by atoms with van der Waals surface area (Å²) in [6.07, 6.45) is 5.75. The van der Waals surface area contributed by atoms with E-state index >= 15 is 0 Å². The molecule has 88 valence electrons.